The van der Waals surface area contributed by atoms with Crippen LogP contribution in [0, 0.1) is 0 Å². The monoisotopic (exact) mass is 246 g/mol. The molecule has 0 bridgehead atoms. The van der Waals surface area contributed by atoms with Gasteiger partial charge in [0.2, 0.25) is 0 Å². The van der Waals surface area contributed by atoms with Gasteiger partial charge < -0.3 is 26.8 Å². The van der Waals surface area contributed by atoms with Gasteiger partial charge in [0, 0.05) is 18.6 Å². The minimum absolute atomic E-state index is 0.181. The zero-order valence-electron chi connectivity index (χ0n) is 9.87. The average molecular weight is 246 g/mol. The van der Waals surface area contributed by atoms with Crippen molar-refractivity contribution in [2.24, 2.45) is 5.73 Å². The highest BCUT2D eigenvalue weighted by molar-refractivity contribution is 5.76. The lowest BCUT2D eigenvalue weighted by Gasteiger charge is -2.24. The van der Waals surface area contributed by atoms with Gasteiger partial charge >= 0.3 is 18.0 Å². The van der Waals surface area contributed by atoms with Crippen LogP contribution in [0.1, 0.15) is 20.3 Å². The zero-order chi connectivity index (χ0) is 13.5. The molecule has 0 fully saturated rings. The number of primary amides is 1. The van der Waals surface area contributed by atoms with Gasteiger partial charge in [-0.3, -0.25) is 4.79 Å². The van der Waals surface area contributed by atoms with Gasteiger partial charge in [-0.2, -0.15) is 0 Å². The van der Waals surface area contributed by atoms with Crippen LogP contribution in [0.5, 0.6) is 0 Å². The van der Waals surface area contributed by atoms with E-state index < -0.39 is 23.6 Å². The lowest BCUT2D eigenvalue weighted by atomic mass is 10.0. The van der Waals surface area contributed by atoms with Crippen molar-refractivity contribution < 1.29 is 19.5 Å². The Morgan fingerprint density at radius 2 is 1.71 bits per heavy atom. The number of carbonyl (C=O) groups excluding carboxylic acids is 2. The van der Waals surface area contributed by atoms with E-state index in [-0.39, 0.29) is 19.5 Å². The van der Waals surface area contributed by atoms with E-state index in [2.05, 4.69) is 16.0 Å². The number of rotatable bonds is 6. The summed E-state index contributed by atoms with van der Waals surface area (Å²) < 4.78 is 0. The van der Waals surface area contributed by atoms with E-state index in [1.54, 1.807) is 13.8 Å². The molecule has 8 nitrogen and oxygen atoms in total. The van der Waals surface area contributed by atoms with Crippen LogP contribution in [-0.2, 0) is 4.79 Å². The summed E-state index contributed by atoms with van der Waals surface area (Å²) in [5.41, 5.74) is 3.98. The smallest absolute Gasteiger partial charge is 0.315 e. The summed E-state index contributed by atoms with van der Waals surface area (Å²) in [6.45, 7) is 3.62. The highest BCUT2D eigenvalue weighted by Gasteiger charge is 2.23. The summed E-state index contributed by atoms with van der Waals surface area (Å²) in [5.74, 6) is -0.995. The third-order valence-electron chi connectivity index (χ3n) is 1.75. The third kappa shape index (κ3) is 8.97. The molecule has 0 spiro atoms. The van der Waals surface area contributed by atoms with Gasteiger partial charge in [0.05, 0.1) is 6.42 Å². The van der Waals surface area contributed by atoms with E-state index >= 15 is 0 Å². The van der Waals surface area contributed by atoms with Crippen LogP contribution in [0.4, 0.5) is 9.59 Å². The molecule has 0 rings (SSSR count). The highest BCUT2D eigenvalue weighted by atomic mass is 16.4. The van der Waals surface area contributed by atoms with Gasteiger partial charge in [-0.15, -0.1) is 0 Å². The number of amides is 4. The largest absolute Gasteiger partial charge is 0.481 e. The fourth-order valence-electron chi connectivity index (χ4n) is 1.14. The lowest BCUT2D eigenvalue weighted by Crippen LogP contribution is -2.50. The molecule has 0 saturated carbocycles. The van der Waals surface area contributed by atoms with Gasteiger partial charge in [0.15, 0.2) is 0 Å². The van der Waals surface area contributed by atoms with Gasteiger partial charge in [-0.05, 0) is 13.8 Å². The summed E-state index contributed by atoms with van der Waals surface area (Å²) in [7, 11) is 0. The Morgan fingerprint density at radius 1 is 1.18 bits per heavy atom. The average Bonchev–Trinajstić information content (AvgIpc) is 2.08. The summed E-state index contributed by atoms with van der Waals surface area (Å²) >= 11 is 0. The molecule has 0 aliphatic heterocycles. The molecule has 8 heteroatoms. The van der Waals surface area contributed by atoms with E-state index in [0.29, 0.717) is 0 Å². The van der Waals surface area contributed by atoms with Gasteiger partial charge in [-0.25, -0.2) is 9.59 Å². The fourth-order valence-corrected chi connectivity index (χ4v) is 1.14. The summed E-state index contributed by atoms with van der Waals surface area (Å²) in [6.07, 6.45) is -0.181. The van der Waals surface area contributed by atoms with Crippen LogP contribution in [0.15, 0.2) is 0 Å². The second-order valence-corrected chi connectivity index (χ2v) is 4.13. The number of urea groups is 2. The van der Waals surface area contributed by atoms with E-state index in [9.17, 15) is 14.4 Å². The van der Waals surface area contributed by atoms with Gasteiger partial charge in [0.1, 0.15) is 0 Å². The third-order valence-corrected chi connectivity index (χ3v) is 1.75. The van der Waals surface area contributed by atoms with Crippen molar-refractivity contribution in [1.29, 1.82) is 0 Å². The molecule has 6 N–H and O–H groups in total. The van der Waals surface area contributed by atoms with Crippen molar-refractivity contribution in [3.63, 3.8) is 0 Å². The first kappa shape index (κ1) is 15.0. The molecule has 0 unspecified atom stereocenters. The molecule has 0 aromatic heterocycles. The Balaban J connectivity index is 3.85. The van der Waals surface area contributed by atoms with Crippen LogP contribution in [0.25, 0.3) is 0 Å². The molecule has 0 radical (unpaired) electrons. The molecule has 0 aromatic carbocycles. The van der Waals surface area contributed by atoms with Crippen molar-refractivity contribution in [3.05, 3.63) is 0 Å². The Labute approximate surface area is 98.9 Å². The van der Waals surface area contributed by atoms with E-state index in [1.807, 2.05) is 0 Å². The van der Waals surface area contributed by atoms with Crippen LogP contribution in [-0.4, -0.2) is 41.8 Å². The molecule has 0 heterocycles. The zero-order valence-corrected chi connectivity index (χ0v) is 9.87. The number of hydrogen-bond acceptors (Lipinski definition) is 3. The number of aliphatic carboxylic acids is 1. The molecule has 0 aliphatic rings. The maximum absolute atomic E-state index is 11.3. The number of carboxylic acids is 1. The molecule has 0 saturated heterocycles. The van der Waals surface area contributed by atoms with Crippen molar-refractivity contribution in [2.45, 2.75) is 25.8 Å². The molecule has 98 valence electrons. The maximum atomic E-state index is 11.3. The van der Waals surface area contributed by atoms with Gasteiger partial charge in [-0.1, -0.05) is 0 Å². The van der Waals surface area contributed by atoms with Crippen LogP contribution in [0.2, 0.25) is 0 Å². The van der Waals surface area contributed by atoms with Crippen molar-refractivity contribution in [2.75, 3.05) is 13.1 Å². The normalized spacial score (nSPS) is 10.5. The SMILES string of the molecule is CC(C)(CC(=O)O)NC(=O)NCCNC(N)=O. The quantitative estimate of drug-likeness (QED) is 0.392. The maximum Gasteiger partial charge on any atom is 0.315 e. The number of hydrogen-bond donors (Lipinski definition) is 5. The number of carboxylic acid groups (broad SMARTS) is 1. The first-order chi connectivity index (χ1) is 7.73. The van der Waals surface area contributed by atoms with Crippen LogP contribution >= 0.6 is 0 Å². The Kier molecular flexibility index (Phi) is 5.79. The number of nitrogens with two attached hydrogens (primary N) is 1. The molecule has 0 aromatic rings. The molecular formula is C9H18N4O4. The van der Waals surface area contributed by atoms with E-state index in [4.69, 9.17) is 10.8 Å². The van der Waals surface area contributed by atoms with Crippen LogP contribution < -0.4 is 21.7 Å². The van der Waals surface area contributed by atoms with Crippen molar-refractivity contribution in [1.82, 2.24) is 16.0 Å². The number of nitrogens with one attached hydrogen (secondary N) is 3. The highest BCUT2D eigenvalue weighted by Crippen LogP contribution is 2.07. The topological polar surface area (TPSA) is 134 Å². The predicted octanol–water partition coefficient (Wildman–Crippen LogP) is -0.793. The predicted molar refractivity (Wildman–Crippen MR) is 60.5 cm³/mol. The summed E-state index contributed by atoms with van der Waals surface area (Å²) in [4.78, 5) is 32.1. The lowest BCUT2D eigenvalue weighted by molar-refractivity contribution is -0.138. The number of carbonyl (C=O) groups is 3. The summed E-state index contributed by atoms with van der Waals surface area (Å²) in [5, 5.41) is 15.9. The minimum atomic E-state index is -0.995. The Bertz CT molecular complexity index is 303. The first-order valence-corrected chi connectivity index (χ1v) is 5.04. The van der Waals surface area contributed by atoms with E-state index in [1.165, 1.54) is 0 Å². The van der Waals surface area contributed by atoms with Crippen molar-refractivity contribution >= 4 is 18.0 Å². The molecule has 0 aliphatic carbocycles. The Morgan fingerprint density at radius 3 is 2.18 bits per heavy atom. The Hall–Kier alpha value is -1.99. The standard InChI is InChI=1S/C9H18N4O4/c1-9(2,5-6(14)15)13-8(17)12-4-3-11-7(10)16/h3-5H2,1-2H3,(H,14,15)(H3,10,11,16)(H2,12,13,17). The van der Waals surface area contributed by atoms with Crippen LogP contribution in [0.3, 0.4) is 0 Å². The molecule has 0 atom stereocenters. The second kappa shape index (κ2) is 6.56. The fraction of sp³-hybridized carbons (Fsp3) is 0.667. The molecule has 4 amide bonds. The minimum Gasteiger partial charge on any atom is -0.481 e. The second-order valence-electron chi connectivity index (χ2n) is 4.13. The van der Waals surface area contributed by atoms with E-state index in [0.717, 1.165) is 0 Å². The first-order valence-electron chi connectivity index (χ1n) is 5.04. The van der Waals surface area contributed by atoms with Gasteiger partial charge in [0.25, 0.3) is 0 Å². The van der Waals surface area contributed by atoms with Crippen molar-refractivity contribution in [3.8, 4) is 0 Å². The summed E-state index contributed by atoms with van der Waals surface area (Å²) in [6, 6.07) is -1.17. The molecule has 17 heavy (non-hydrogen) atoms. The molecular weight excluding hydrogens is 228 g/mol.